The summed E-state index contributed by atoms with van der Waals surface area (Å²) < 4.78 is 5.43. The van der Waals surface area contributed by atoms with Crippen LogP contribution in [-0.2, 0) is 19.7 Å². The summed E-state index contributed by atoms with van der Waals surface area (Å²) in [5, 5.41) is 10.8. The minimum absolute atomic E-state index is 0.0188. The Hall–Kier alpha value is -3.22. The van der Waals surface area contributed by atoms with Crippen molar-refractivity contribution in [1.82, 2.24) is 9.80 Å². The van der Waals surface area contributed by atoms with Crippen LogP contribution in [0.5, 0.6) is 0 Å². The van der Waals surface area contributed by atoms with Gasteiger partial charge in [0.15, 0.2) is 11.5 Å². The van der Waals surface area contributed by atoms with E-state index in [1.54, 1.807) is 11.0 Å². The molecule has 1 atom stereocenters. The summed E-state index contributed by atoms with van der Waals surface area (Å²) in [5.74, 6) is -1.32. The number of carbonyl (C=O) groups excluding carboxylic acids is 2. The van der Waals surface area contributed by atoms with Gasteiger partial charge in [-0.15, -0.1) is 0 Å². The molecule has 0 saturated carbocycles. The van der Waals surface area contributed by atoms with Crippen molar-refractivity contribution in [2.24, 2.45) is 0 Å². The maximum atomic E-state index is 13.3. The Kier molecular flexibility index (Phi) is 7.53. The number of amides is 1. The summed E-state index contributed by atoms with van der Waals surface area (Å²) in [5.41, 5.74) is 2.97. The van der Waals surface area contributed by atoms with Gasteiger partial charge in [0.25, 0.3) is 5.91 Å². The van der Waals surface area contributed by atoms with E-state index in [9.17, 15) is 14.7 Å². The molecule has 4 rings (SSSR count). The first-order valence-electron chi connectivity index (χ1n) is 12.2. The lowest BCUT2D eigenvalue weighted by atomic mass is 9.85. The largest absolute Gasteiger partial charge is 0.503 e. The van der Waals surface area contributed by atoms with Crippen LogP contribution in [0.25, 0.3) is 6.08 Å². The molecular weight excluding hydrogens is 440 g/mol. The molecule has 0 aliphatic carbocycles. The van der Waals surface area contributed by atoms with E-state index in [4.69, 9.17) is 4.74 Å². The lowest BCUT2D eigenvalue weighted by molar-refractivity contribution is -0.129. The molecule has 1 saturated heterocycles. The third-order valence-corrected chi connectivity index (χ3v) is 6.65. The van der Waals surface area contributed by atoms with Crippen molar-refractivity contribution in [3.8, 4) is 0 Å². The maximum absolute atomic E-state index is 13.3. The second kappa shape index (κ2) is 10.6. The predicted molar refractivity (Wildman–Crippen MR) is 137 cm³/mol. The van der Waals surface area contributed by atoms with Gasteiger partial charge in [0.1, 0.15) is 0 Å². The summed E-state index contributed by atoms with van der Waals surface area (Å²) >= 11 is 0. The molecule has 1 fully saturated rings. The number of hydrogen-bond acceptors (Lipinski definition) is 5. The number of allylic oxidation sites excluding steroid dienone is 1. The van der Waals surface area contributed by atoms with Crippen molar-refractivity contribution in [3.63, 3.8) is 0 Å². The monoisotopic (exact) mass is 474 g/mol. The van der Waals surface area contributed by atoms with Crippen LogP contribution >= 0.6 is 0 Å². The third kappa shape index (κ3) is 5.72. The van der Waals surface area contributed by atoms with E-state index in [0.717, 1.165) is 29.8 Å². The standard InChI is InChI=1S/C29H34N2O4/c1-29(2,3)23-12-10-22(11-13-23)26-25(24(32)14-9-21-7-5-4-6-8-21)27(33)28(34)31(26)16-15-30-17-19-35-20-18-30/h4-14,26,33H,15-20H2,1-3H3. The minimum atomic E-state index is -0.634. The SMILES string of the molecule is CC(C)(C)c1ccc(C2C(C(=O)C=Cc3ccccc3)=C(O)C(=O)N2CCN2CCOCC2)cc1. The normalized spacial score (nSPS) is 19.7. The Morgan fingerprint density at radius 1 is 1.03 bits per heavy atom. The van der Waals surface area contributed by atoms with Crippen molar-refractivity contribution in [2.75, 3.05) is 39.4 Å². The van der Waals surface area contributed by atoms with E-state index in [2.05, 4.69) is 25.7 Å². The molecule has 0 spiro atoms. The van der Waals surface area contributed by atoms with Crippen molar-refractivity contribution >= 4 is 17.8 Å². The smallest absolute Gasteiger partial charge is 0.290 e. The van der Waals surface area contributed by atoms with Gasteiger partial charge in [-0.3, -0.25) is 14.5 Å². The van der Waals surface area contributed by atoms with Crippen molar-refractivity contribution < 1.29 is 19.4 Å². The number of carbonyl (C=O) groups is 2. The fourth-order valence-corrected chi connectivity index (χ4v) is 4.55. The van der Waals surface area contributed by atoms with E-state index >= 15 is 0 Å². The summed E-state index contributed by atoms with van der Waals surface area (Å²) in [6.45, 7) is 10.4. The molecular formula is C29H34N2O4. The van der Waals surface area contributed by atoms with Gasteiger partial charge in [-0.2, -0.15) is 0 Å². The highest BCUT2D eigenvalue weighted by Gasteiger charge is 2.42. The second-order valence-electron chi connectivity index (χ2n) is 10.1. The number of aliphatic hydroxyl groups excluding tert-OH is 1. The molecule has 1 N–H and O–H groups in total. The van der Waals surface area contributed by atoms with Gasteiger partial charge in [-0.25, -0.2) is 0 Å². The van der Waals surface area contributed by atoms with E-state index in [0.29, 0.717) is 26.3 Å². The number of benzene rings is 2. The van der Waals surface area contributed by atoms with Gasteiger partial charge < -0.3 is 14.7 Å². The fourth-order valence-electron chi connectivity index (χ4n) is 4.55. The van der Waals surface area contributed by atoms with Gasteiger partial charge >= 0.3 is 0 Å². The molecule has 0 aromatic heterocycles. The molecule has 2 aromatic rings. The summed E-state index contributed by atoms with van der Waals surface area (Å²) in [6, 6.07) is 16.9. The zero-order valence-electron chi connectivity index (χ0n) is 20.7. The Balaban J connectivity index is 1.64. The molecule has 35 heavy (non-hydrogen) atoms. The number of ketones is 1. The molecule has 1 unspecified atom stereocenters. The van der Waals surface area contributed by atoms with E-state index < -0.39 is 17.7 Å². The Morgan fingerprint density at radius 2 is 1.69 bits per heavy atom. The van der Waals surface area contributed by atoms with Crippen LogP contribution in [-0.4, -0.2) is 66.0 Å². The van der Waals surface area contributed by atoms with Gasteiger partial charge in [0, 0.05) is 26.2 Å². The van der Waals surface area contributed by atoms with Crippen LogP contribution < -0.4 is 0 Å². The molecule has 184 valence electrons. The first kappa shape index (κ1) is 24.9. The van der Waals surface area contributed by atoms with Gasteiger partial charge in [-0.1, -0.05) is 81.4 Å². The summed E-state index contributed by atoms with van der Waals surface area (Å²) in [4.78, 5) is 30.4. The number of nitrogens with zero attached hydrogens (tertiary/aromatic N) is 2. The Morgan fingerprint density at radius 3 is 2.31 bits per heavy atom. The highest BCUT2D eigenvalue weighted by atomic mass is 16.5. The molecule has 0 bridgehead atoms. The molecule has 6 nitrogen and oxygen atoms in total. The number of aliphatic hydroxyl groups is 1. The quantitative estimate of drug-likeness (QED) is 0.606. The third-order valence-electron chi connectivity index (χ3n) is 6.65. The van der Waals surface area contributed by atoms with E-state index in [1.165, 1.54) is 6.08 Å². The van der Waals surface area contributed by atoms with Crippen LogP contribution in [0.15, 0.2) is 72.0 Å². The van der Waals surface area contributed by atoms with Crippen molar-refractivity contribution in [2.45, 2.75) is 32.2 Å². The van der Waals surface area contributed by atoms with Crippen LogP contribution in [0.1, 0.15) is 43.5 Å². The Labute approximate surface area is 207 Å². The van der Waals surface area contributed by atoms with E-state index in [-0.39, 0.29) is 16.8 Å². The molecule has 2 aromatic carbocycles. The van der Waals surface area contributed by atoms with Crippen molar-refractivity contribution in [1.29, 1.82) is 0 Å². The number of hydrogen-bond donors (Lipinski definition) is 1. The summed E-state index contributed by atoms with van der Waals surface area (Å²) in [6.07, 6.45) is 3.15. The zero-order valence-corrected chi connectivity index (χ0v) is 20.7. The average molecular weight is 475 g/mol. The van der Waals surface area contributed by atoms with Crippen LogP contribution in [0.2, 0.25) is 0 Å². The van der Waals surface area contributed by atoms with Crippen molar-refractivity contribution in [3.05, 3.63) is 88.7 Å². The molecule has 6 heteroatoms. The first-order valence-corrected chi connectivity index (χ1v) is 12.2. The molecule has 2 heterocycles. The zero-order chi connectivity index (χ0) is 25.0. The van der Waals surface area contributed by atoms with Crippen LogP contribution in [0.3, 0.4) is 0 Å². The fraction of sp³-hybridized carbons (Fsp3) is 0.379. The predicted octanol–water partition coefficient (Wildman–Crippen LogP) is 4.29. The molecule has 2 aliphatic heterocycles. The van der Waals surface area contributed by atoms with Gasteiger partial charge in [0.05, 0.1) is 24.8 Å². The van der Waals surface area contributed by atoms with Crippen LogP contribution in [0, 0.1) is 0 Å². The van der Waals surface area contributed by atoms with E-state index in [1.807, 2.05) is 54.6 Å². The highest BCUT2D eigenvalue weighted by Crippen LogP contribution is 2.38. The highest BCUT2D eigenvalue weighted by molar-refractivity contribution is 6.14. The Bertz CT molecular complexity index is 1110. The topological polar surface area (TPSA) is 70.1 Å². The number of rotatable bonds is 7. The minimum Gasteiger partial charge on any atom is -0.503 e. The summed E-state index contributed by atoms with van der Waals surface area (Å²) in [7, 11) is 0. The van der Waals surface area contributed by atoms with Crippen LogP contribution in [0.4, 0.5) is 0 Å². The van der Waals surface area contributed by atoms with Gasteiger partial charge in [0.2, 0.25) is 0 Å². The lowest BCUT2D eigenvalue weighted by Gasteiger charge is -2.32. The molecule has 0 radical (unpaired) electrons. The maximum Gasteiger partial charge on any atom is 0.290 e. The number of ether oxygens (including phenoxy) is 1. The van der Waals surface area contributed by atoms with Gasteiger partial charge in [-0.05, 0) is 28.2 Å². The number of morpholine rings is 1. The first-order chi connectivity index (χ1) is 16.8. The lowest BCUT2D eigenvalue weighted by Crippen LogP contribution is -2.43. The molecule has 2 aliphatic rings. The average Bonchev–Trinajstić information content (AvgIpc) is 3.12. The molecule has 1 amide bonds. The second-order valence-corrected chi connectivity index (χ2v) is 10.1.